The molecule has 1 heterocycles. The fraction of sp³-hybridized carbons (Fsp3) is 0.250. The number of alkyl halides is 3. The molecule has 2 aromatic rings. The second-order valence-corrected chi connectivity index (χ2v) is 5.39. The lowest BCUT2D eigenvalue weighted by Gasteiger charge is -2.26. The van der Waals surface area contributed by atoms with Crippen LogP contribution in [-0.4, -0.2) is 10.9 Å². The van der Waals surface area contributed by atoms with Crippen LogP contribution in [0.15, 0.2) is 48.8 Å². The van der Waals surface area contributed by atoms with E-state index in [9.17, 15) is 18.0 Å². The van der Waals surface area contributed by atoms with E-state index >= 15 is 0 Å². The van der Waals surface area contributed by atoms with Crippen LogP contribution in [0.1, 0.15) is 35.3 Å². The van der Waals surface area contributed by atoms with Gasteiger partial charge in [0.15, 0.2) is 0 Å². The van der Waals surface area contributed by atoms with E-state index in [1.165, 1.54) is 12.1 Å². The van der Waals surface area contributed by atoms with Crippen LogP contribution >= 0.6 is 0 Å². The molecule has 0 spiro atoms. The molecule has 0 radical (unpaired) electrons. The van der Waals surface area contributed by atoms with Crippen LogP contribution in [-0.2, 0) is 11.7 Å². The topological polar surface area (TPSA) is 42.0 Å². The Morgan fingerprint density at radius 1 is 0.955 bits per heavy atom. The Kier molecular flexibility index (Phi) is 4.21. The van der Waals surface area contributed by atoms with Gasteiger partial charge in [0.25, 0.3) is 5.91 Å². The smallest absolute Gasteiger partial charge is 0.343 e. The number of aromatic nitrogens is 1. The highest BCUT2D eigenvalue weighted by Gasteiger charge is 2.30. The van der Waals surface area contributed by atoms with Crippen molar-refractivity contribution in [2.24, 2.45) is 0 Å². The highest BCUT2D eigenvalue weighted by molar-refractivity contribution is 5.94. The molecule has 0 aliphatic heterocycles. The van der Waals surface area contributed by atoms with Crippen LogP contribution in [0.2, 0.25) is 0 Å². The normalized spacial score (nSPS) is 12.0. The summed E-state index contributed by atoms with van der Waals surface area (Å²) >= 11 is 0. The lowest BCUT2D eigenvalue weighted by Crippen LogP contribution is -2.41. The van der Waals surface area contributed by atoms with Gasteiger partial charge in [-0.3, -0.25) is 9.78 Å². The first-order valence-electron chi connectivity index (χ1n) is 6.60. The fourth-order valence-electron chi connectivity index (χ4n) is 2.01. The molecule has 0 unspecified atom stereocenters. The van der Waals surface area contributed by atoms with Gasteiger partial charge in [-0.25, -0.2) is 0 Å². The summed E-state index contributed by atoms with van der Waals surface area (Å²) in [5.41, 5.74) is -0.418. The Hall–Kier alpha value is -2.37. The van der Waals surface area contributed by atoms with Crippen LogP contribution in [0.3, 0.4) is 0 Å². The lowest BCUT2D eigenvalue weighted by molar-refractivity contribution is -0.137. The Balaban J connectivity index is 2.15. The number of hydrogen-bond acceptors (Lipinski definition) is 2. The van der Waals surface area contributed by atoms with Crippen LogP contribution in [0, 0.1) is 0 Å². The molecule has 1 amide bonds. The zero-order valence-corrected chi connectivity index (χ0v) is 12.1. The molecule has 1 N–H and O–H groups in total. The van der Waals surface area contributed by atoms with E-state index in [2.05, 4.69) is 10.3 Å². The largest absolute Gasteiger partial charge is 0.416 e. The number of pyridine rings is 1. The van der Waals surface area contributed by atoms with Crippen molar-refractivity contribution in [3.63, 3.8) is 0 Å². The second kappa shape index (κ2) is 5.79. The van der Waals surface area contributed by atoms with Gasteiger partial charge in [-0.1, -0.05) is 0 Å². The second-order valence-electron chi connectivity index (χ2n) is 5.39. The molecule has 3 nitrogen and oxygen atoms in total. The van der Waals surface area contributed by atoms with Gasteiger partial charge in [-0.2, -0.15) is 13.2 Å². The van der Waals surface area contributed by atoms with Gasteiger partial charge < -0.3 is 5.32 Å². The molecule has 0 bridgehead atoms. The minimum absolute atomic E-state index is 0.176. The molecule has 1 aromatic heterocycles. The van der Waals surface area contributed by atoms with Crippen molar-refractivity contribution in [1.29, 1.82) is 0 Å². The first kappa shape index (κ1) is 16.0. The third-order valence-electron chi connectivity index (χ3n) is 3.30. The summed E-state index contributed by atoms with van der Waals surface area (Å²) < 4.78 is 37.5. The molecule has 0 aliphatic carbocycles. The molecular weight excluding hydrogens is 293 g/mol. The van der Waals surface area contributed by atoms with E-state index in [0.29, 0.717) is 0 Å². The first-order valence-corrected chi connectivity index (χ1v) is 6.60. The minimum atomic E-state index is -4.41. The van der Waals surface area contributed by atoms with Crippen molar-refractivity contribution in [3.8, 4) is 0 Å². The highest BCUT2D eigenvalue weighted by Crippen LogP contribution is 2.29. The molecular formula is C16H15F3N2O. The molecule has 22 heavy (non-hydrogen) atoms. The Morgan fingerprint density at radius 3 is 2.00 bits per heavy atom. The van der Waals surface area contributed by atoms with Crippen molar-refractivity contribution >= 4 is 5.91 Å². The van der Waals surface area contributed by atoms with E-state index in [1.54, 1.807) is 24.5 Å². The number of carbonyl (C=O) groups is 1. The van der Waals surface area contributed by atoms with E-state index in [0.717, 1.165) is 17.7 Å². The molecule has 0 aliphatic rings. The summed E-state index contributed by atoms with van der Waals surface area (Å²) in [7, 11) is 0. The fourth-order valence-corrected chi connectivity index (χ4v) is 2.01. The summed E-state index contributed by atoms with van der Waals surface area (Å²) in [4.78, 5) is 16.1. The third kappa shape index (κ3) is 3.63. The summed E-state index contributed by atoms with van der Waals surface area (Å²) in [5, 5.41) is 2.80. The maximum absolute atomic E-state index is 12.5. The van der Waals surface area contributed by atoms with Crippen molar-refractivity contribution in [2.45, 2.75) is 25.6 Å². The van der Waals surface area contributed by atoms with Crippen LogP contribution in [0.4, 0.5) is 13.2 Å². The Labute approximate surface area is 126 Å². The summed E-state index contributed by atoms with van der Waals surface area (Å²) in [6, 6.07) is 7.67. The average Bonchev–Trinajstić information content (AvgIpc) is 2.47. The summed E-state index contributed by atoms with van der Waals surface area (Å²) in [5.74, 6) is -0.435. The van der Waals surface area contributed by atoms with Gasteiger partial charge >= 0.3 is 6.18 Å². The van der Waals surface area contributed by atoms with Gasteiger partial charge in [0, 0.05) is 18.0 Å². The number of halogens is 3. The average molecular weight is 308 g/mol. The van der Waals surface area contributed by atoms with Gasteiger partial charge in [0.1, 0.15) is 0 Å². The molecule has 2 rings (SSSR count). The number of nitrogens with one attached hydrogen (secondary N) is 1. The van der Waals surface area contributed by atoms with Gasteiger partial charge in [-0.05, 0) is 55.8 Å². The zero-order chi connectivity index (χ0) is 16.4. The van der Waals surface area contributed by atoms with Crippen molar-refractivity contribution < 1.29 is 18.0 Å². The highest BCUT2D eigenvalue weighted by atomic mass is 19.4. The van der Waals surface area contributed by atoms with Crippen molar-refractivity contribution in [3.05, 3.63) is 65.5 Å². The van der Waals surface area contributed by atoms with Gasteiger partial charge in [0.05, 0.1) is 11.1 Å². The summed E-state index contributed by atoms with van der Waals surface area (Å²) in [6.07, 6.45) is -1.19. The number of rotatable bonds is 3. The van der Waals surface area contributed by atoms with E-state index < -0.39 is 23.2 Å². The number of benzene rings is 1. The van der Waals surface area contributed by atoms with Crippen molar-refractivity contribution in [2.75, 3.05) is 0 Å². The Bertz CT molecular complexity index is 649. The number of nitrogens with zero attached hydrogens (tertiary/aromatic N) is 1. The monoisotopic (exact) mass is 308 g/mol. The van der Waals surface area contributed by atoms with E-state index in [1.807, 2.05) is 13.8 Å². The molecule has 116 valence electrons. The van der Waals surface area contributed by atoms with Gasteiger partial charge in [0.2, 0.25) is 0 Å². The van der Waals surface area contributed by atoms with Crippen LogP contribution in [0.25, 0.3) is 0 Å². The molecule has 0 atom stereocenters. The quantitative estimate of drug-likeness (QED) is 0.938. The van der Waals surface area contributed by atoms with Crippen LogP contribution in [0.5, 0.6) is 0 Å². The number of hydrogen-bond donors (Lipinski definition) is 1. The zero-order valence-electron chi connectivity index (χ0n) is 12.1. The summed E-state index contributed by atoms with van der Waals surface area (Å²) in [6.45, 7) is 3.62. The lowest BCUT2D eigenvalue weighted by atomic mass is 9.95. The number of carbonyl (C=O) groups excluding carboxylic acids is 1. The van der Waals surface area contributed by atoms with Gasteiger partial charge in [-0.15, -0.1) is 0 Å². The molecule has 1 aromatic carbocycles. The number of amides is 1. The first-order chi connectivity index (χ1) is 10.2. The van der Waals surface area contributed by atoms with Crippen LogP contribution < -0.4 is 5.32 Å². The molecule has 0 fully saturated rings. The molecule has 0 saturated carbocycles. The predicted molar refractivity (Wildman–Crippen MR) is 76.2 cm³/mol. The van der Waals surface area contributed by atoms with E-state index in [-0.39, 0.29) is 5.56 Å². The maximum Gasteiger partial charge on any atom is 0.416 e. The molecule has 0 saturated heterocycles. The third-order valence-corrected chi connectivity index (χ3v) is 3.30. The standard InChI is InChI=1S/C16H15F3N2O/c1-15(2,12-7-9-20-10-8-12)21-14(22)11-3-5-13(6-4-11)16(17,18)19/h3-10H,1-2H3,(H,21,22). The van der Waals surface area contributed by atoms with Crippen molar-refractivity contribution in [1.82, 2.24) is 10.3 Å². The Morgan fingerprint density at radius 2 is 1.50 bits per heavy atom. The minimum Gasteiger partial charge on any atom is -0.343 e. The SMILES string of the molecule is CC(C)(NC(=O)c1ccc(C(F)(F)F)cc1)c1ccncc1. The van der Waals surface area contributed by atoms with E-state index in [4.69, 9.17) is 0 Å². The maximum atomic E-state index is 12.5. The molecule has 6 heteroatoms. The predicted octanol–water partition coefficient (Wildman–Crippen LogP) is 3.77.